The Morgan fingerprint density at radius 2 is 1.77 bits per heavy atom. The van der Waals surface area contributed by atoms with Crippen LogP contribution in [0.15, 0.2) is 29.8 Å². The van der Waals surface area contributed by atoms with Crippen LogP contribution in [-0.2, 0) is 0 Å². The average molecular weight is 479 g/mol. The molecule has 3 heteroatoms. The Balaban J connectivity index is 1.29. The third-order valence-corrected chi connectivity index (χ3v) is 11.3. The molecule has 0 aliphatic heterocycles. The first kappa shape index (κ1) is 25.0. The first-order valence-electron chi connectivity index (χ1n) is 14.6. The van der Waals surface area contributed by atoms with Crippen LogP contribution in [0.1, 0.15) is 98.8 Å². The number of benzene rings is 1. The fourth-order valence-electron chi connectivity index (χ4n) is 9.35. The van der Waals surface area contributed by atoms with Crippen molar-refractivity contribution in [3.63, 3.8) is 0 Å². The monoisotopic (exact) mass is 478 g/mol. The summed E-state index contributed by atoms with van der Waals surface area (Å²) in [4.78, 5) is 0. The number of fused-ring (bicyclic) bond motifs is 5. The topological polar surface area (TPSA) is 61.3 Å². The van der Waals surface area contributed by atoms with Crippen LogP contribution in [0.2, 0.25) is 0 Å². The lowest BCUT2D eigenvalue weighted by molar-refractivity contribution is -0.0559. The molecule has 4 N–H and O–H groups in total. The molecule has 0 saturated heterocycles. The summed E-state index contributed by atoms with van der Waals surface area (Å²) in [5, 5.41) is 0. The smallest absolute Gasteiger partial charge is 0.142 e. The van der Waals surface area contributed by atoms with Crippen molar-refractivity contribution in [3.05, 3.63) is 29.8 Å². The van der Waals surface area contributed by atoms with Gasteiger partial charge in [-0.15, -0.1) is 0 Å². The molecule has 6 unspecified atom stereocenters. The molecule has 0 spiro atoms. The van der Waals surface area contributed by atoms with Crippen LogP contribution in [-0.4, -0.2) is 6.10 Å². The molecule has 4 aliphatic rings. The molecule has 1 aromatic carbocycles. The van der Waals surface area contributed by atoms with Gasteiger partial charge < -0.3 is 16.2 Å². The summed E-state index contributed by atoms with van der Waals surface area (Å²) in [7, 11) is 0. The molecule has 3 nitrogen and oxygen atoms in total. The second-order valence-electron chi connectivity index (χ2n) is 13.7. The van der Waals surface area contributed by atoms with Crippen LogP contribution in [0.3, 0.4) is 0 Å². The molecule has 4 aliphatic carbocycles. The molecule has 0 heterocycles. The fraction of sp³-hybridized carbons (Fsp3) is 0.750. The molecule has 5 rings (SSSR count). The summed E-state index contributed by atoms with van der Waals surface area (Å²) in [5.74, 6) is 6.09. The molecular weight excluding hydrogens is 428 g/mol. The Labute approximate surface area is 214 Å². The number of ether oxygens (including phenoxy) is 1. The maximum absolute atomic E-state index is 6.42. The largest absolute Gasteiger partial charge is 0.488 e. The van der Waals surface area contributed by atoms with Crippen molar-refractivity contribution in [2.75, 3.05) is 11.5 Å². The second kappa shape index (κ2) is 9.34. The summed E-state index contributed by atoms with van der Waals surface area (Å²) >= 11 is 0. The Bertz CT molecular complexity index is 953. The van der Waals surface area contributed by atoms with E-state index in [1.807, 2.05) is 18.2 Å². The number of allylic oxidation sites excluding steroid dienone is 1. The van der Waals surface area contributed by atoms with Gasteiger partial charge in [-0.25, -0.2) is 0 Å². The van der Waals surface area contributed by atoms with Gasteiger partial charge in [0.05, 0.1) is 5.69 Å². The van der Waals surface area contributed by atoms with E-state index >= 15 is 0 Å². The van der Waals surface area contributed by atoms with Crippen LogP contribution in [0.5, 0.6) is 5.75 Å². The first-order valence-corrected chi connectivity index (χ1v) is 14.6. The highest BCUT2D eigenvalue weighted by Gasteiger charge is 2.59. The van der Waals surface area contributed by atoms with Gasteiger partial charge in [0.2, 0.25) is 0 Å². The van der Waals surface area contributed by atoms with Gasteiger partial charge >= 0.3 is 0 Å². The van der Waals surface area contributed by atoms with E-state index in [0.717, 1.165) is 54.1 Å². The highest BCUT2D eigenvalue weighted by atomic mass is 16.5. The van der Waals surface area contributed by atoms with Gasteiger partial charge in [0, 0.05) is 12.1 Å². The first-order chi connectivity index (χ1) is 16.6. The third kappa shape index (κ3) is 4.40. The van der Waals surface area contributed by atoms with Crippen molar-refractivity contribution >= 4 is 11.4 Å². The minimum absolute atomic E-state index is 0.225. The molecule has 194 valence electrons. The van der Waals surface area contributed by atoms with Crippen molar-refractivity contribution in [1.82, 2.24) is 0 Å². The number of nitrogen functional groups attached to an aromatic ring is 2. The zero-order chi connectivity index (χ0) is 25.0. The van der Waals surface area contributed by atoms with Gasteiger partial charge in [-0.1, -0.05) is 59.1 Å². The number of hydrogen-bond acceptors (Lipinski definition) is 3. The van der Waals surface area contributed by atoms with Gasteiger partial charge in [-0.05, 0) is 109 Å². The molecule has 3 saturated carbocycles. The van der Waals surface area contributed by atoms with Gasteiger partial charge in [0.15, 0.2) is 0 Å². The maximum atomic E-state index is 6.42. The molecule has 0 amide bonds. The van der Waals surface area contributed by atoms with Crippen LogP contribution in [0.4, 0.5) is 11.4 Å². The molecule has 1 aromatic rings. The lowest BCUT2D eigenvalue weighted by Gasteiger charge is -2.58. The van der Waals surface area contributed by atoms with Gasteiger partial charge in [0.25, 0.3) is 0 Å². The number of anilines is 2. The predicted molar refractivity (Wildman–Crippen MR) is 148 cm³/mol. The summed E-state index contributed by atoms with van der Waals surface area (Å²) in [6.45, 7) is 12.6. The standard InChI is InChI=1S/C32H50N2O/c1-20(2)6-7-21(3)26-11-12-27-25-10-8-22-18-24(35-30-13-9-23(33)19-29(30)34)14-16-31(22,4)28(25)15-17-32(26,27)5/h8-9,13,19-21,24-28H,6-7,10-12,14-18,33-34H2,1-5H3/t21-,24+,25?,26?,27?,28?,31?,32?/m1/s1. The summed E-state index contributed by atoms with van der Waals surface area (Å²) in [6.07, 6.45) is 16.2. The summed E-state index contributed by atoms with van der Waals surface area (Å²) in [6, 6.07) is 5.63. The molecule has 35 heavy (non-hydrogen) atoms. The zero-order valence-electron chi connectivity index (χ0n) is 23.0. The molecule has 0 aromatic heterocycles. The third-order valence-electron chi connectivity index (χ3n) is 11.3. The van der Waals surface area contributed by atoms with Gasteiger partial charge in [0.1, 0.15) is 11.9 Å². The van der Waals surface area contributed by atoms with Crippen molar-refractivity contribution < 1.29 is 4.74 Å². The Kier molecular flexibility index (Phi) is 6.68. The predicted octanol–water partition coefficient (Wildman–Crippen LogP) is 8.25. The molecule has 8 atom stereocenters. The van der Waals surface area contributed by atoms with E-state index in [-0.39, 0.29) is 6.10 Å². The normalized spacial score (nSPS) is 39.4. The van der Waals surface area contributed by atoms with Gasteiger partial charge in [-0.3, -0.25) is 0 Å². The number of hydrogen-bond donors (Lipinski definition) is 2. The van der Waals surface area contributed by atoms with Crippen LogP contribution < -0.4 is 16.2 Å². The Morgan fingerprint density at radius 3 is 2.51 bits per heavy atom. The molecular formula is C32H50N2O. The molecule has 0 bridgehead atoms. The zero-order valence-corrected chi connectivity index (χ0v) is 23.0. The lowest BCUT2D eigenvalue weighted by atomic mass is 9.47. The van der Waals surface area contributed by atoms with E-state index in [1.54, 1.807) is 5.57 Å². The maximum Gasteiger partial charge on any atom is 0.142 e. The SMILES string of the molecule is CC(C)CC[C@@H](C)C1CCC2C3CC=C4C[C@@H](Oc5ccc(N)cc5N)CCC4(C)C3CCC21C. The number of rotatable bonds is 6. The summed E-state index contributed by atoms with van der Waals surface area (Å²) in [5.41, 5.74) is 16.0. The van der Waals surface area contributed by atoms with Crippen molar-refractivity contribution in [3.8, 4) is 5.75 Å². The van der Waals surface area contributed by atoms with E-state index in [4.69, 9.17) is 16.2 Å². The average Bonchev–Trinajstić information content (AvgIpc) is 3.17. The highest BCUT2D eigenvalue weighted by Crippen LogP contribution is 2.67. The quantitative estimate of drug-likeness (QED) is 0.319. The molecule has 3 fully saturated rings. The van der Waals surface area contributed by atoms with Crippen LogP contribution in [0.25, 0.3) is 0 Å². The Morgan fingerprint density at radius 1 is 0.971 bits per heavy atom. The minimum atomic E-state index is 0.225. The van der Waals surface area contributed by atoms with E-state index in [0.29, 0.717) is 22.2 Å². The van der Waals surface area contributed by atoms with E-state index in [9.17, 15) is 0 Å². The van der Waals surface area contributed by atoms with E-state index in [2.05, 4.69) is 40.7 Å². The van der Waals surface area contributed by atoms with E-state index in [1.165, 1.54) is 51.4 Å². The second-order valence-corrected chi connectivity index (χ2v) is 13.7. The van der Waals surface area contributed by atoms with Gasteiger partial charge in [-0.2, -0.15) is 0 Å². The molecule has 0 radical (unpaired) electrons. The van der Waals surface area contributed by atoms with Crippen molar-refractivity contribution in [2.24, 2.45) is 46.3 Å². The fourth-order valence-corrected chi connectivity index (χ4v) is 9.35. The minimum Gasteiger partial charge on any atom is -0.488 e. The van der Waals surface area contributed by atoms with Crippen LogP contribution >= 0.6 is 0 Å². The summed E-state index contributed by atoms with van der Waals surface area (Å²) < 4.78 is 6.42. The lowest BCUT2D eigenvalue weighted by Crippen LogP contribution is -2.51. The van der Waals surface area contributed by atoms with Crippen molar-refractivity contribution in [1.29, 1.82) is 0 Å². The highest BCUT2D eigenvalue weighted by molar-refractivity contribution is 5.60. The Hall–Kier alpha value is -1.64. The number of nitrogens with two attached hydrogens (primary N) is 2. The van der Waals surface area contributed by atoms with Crippen molar-refractivity contribution in [2.45, 2.75) is 105 Å². The van der Waals surface area contributed by atoms with E-state index < -0.39 is 0 Å². The van der Waals surface area contributed by atoms with Crippen LogP contribution in [0, 0.1) is 46.3 Å².